The zero-order valence-electron chi connectivity index (χ0n) is 8.58. The molecule has 0 aliphatic rings. The number of nitrogens with zero attached hydrogens (tertiary/aromatic N) is 2. The van der Waals surface area contributed by atoms with Crippen LogP contribution in [0.2, 0.25) is 0 Å². The molecule has 4 heteroatoms. The van der Waals surface area contributed by atoms with Gasteiger partial charge in [-0.1, -0.05) is 22.0 Å². The van der Waals surface area contributed by atoms with Crippen molar-refractivity contribution in [1.29, 1.82) is 5.26 Å². The van der Waals surface area contributed by atoms with E-state index in [-0.39, 0.29) is 0 Å². The zero-order chi connectivity index (χ0) is 11.5. The SMILES string of the molecule is N#Cc1ccc2cc(CBr)n(CCF)c2c1. The van der Waals surface area contributed by atoms with Crippen molar-refractivity contribution < 1.29 is 4.39 Å². The van der Waals surface area contributed by atoms with Crippen molar-refractivity contribution >= 4 is 26.8 Å². The third kappa shape index (κ3) is 1.83. The zero-order valence-corrected chi connectivity index (χ0v) is 10.2. The number of benzene rings is 1. The molecule has 0 radical (unpaired) electrons. The Morgan fingerprint density at radius 1 is 1.38 bits per heavy atom. The van der Waals surface area contributed by atoms with Crippen molar-refractivity contribution in [3.8, 4) is 6.07 Å². The smallest absolute Gasteiger partial charge is 0.107 e. The van der Waals surface area contributed by atoms with E-state index in [2.05, 4.69) is 22.0 Å². The highest BCUT2D eigenvalue weighted by atomic mass is 79.9. The predicted octanol–water partition coefficient (Wildman–Crippen LogP) is 3.38. The second-order valence-electron chi connectivity index (χ2n) is 3.50. The topological polar surface area (TPSA) is 28.7 Å². The summed E-state index contributed by atoms with van der Waals surface area (Å²) in [6.45, 7) is -0.0696. The first-order chi connectivity index (χ1) is 7.80. The van der Waals surface area contributed by atoms with Crippen LogP contribution in [0.5, 0.6) is 0 Å². The maximum absolute atomic E-state index is 12.5. The van der Waals surface area contributed by atoms with Gasteiger partial charge in [-0.25, -0.2) is 4.39 Å². The first-order valence-corrected chi connectivity index (χ1v) is 6.06. The summed E-state index contributed by atoms with van der Waals surface area (Å²) in [6, 6.07) is 9.59. The molecule has 0 unspecified atom stereocenters. The van der Waals surface area contributed by atoms with Gasteiger partial charge in [0, 0.05) is 16.5 Å². The molecule has 0 N–H and O–H groups in total. The van der Waals surface area contributed by atoms with Gasteiger partial charge in [0.2, 0.25) is 0 Å². The number of fused-ring (bicyclic) bond motifs is 1. The Morgan fingerprint density at radius 3 is 2.81 bits per heavy atom. The second kappa shape index (κ2) is 4.67. The van der Waals surface area contributed by atoms with Crippen molar-refractivity contribution in [1.82, 2.24) is 4.57 Å². The molecule has 1 heterocycles. The fraction of sp³-hybridized carbons (Fsp3) is 0.250. The van der Waals surface area contributed by atoms with E-state index in [4.69, 9.17) is 5.26 Å². The molecule has 0 fully saturated rings. The molecular weight excluding hydrogens is 271 g/mol. The fourth-order valence-corrected chi connectivity index (χ4v) is 2.31. The average molecular weight is 281 g/mol. The number of rotatable bonds is 3. The van der Waals surface area contributed by atoms with Gasteiger partial charge in [-0.2, -0.15) is 5.26 Å². The molecule has 0 saturated carbocycles. The molecule has 0 atom stereocenters. The van der Waals surface area contributed by atoms with E-state index in [1.807, 2.05) is 16.7 Å². The lowest BCUT2D eigenvalue weighted by Crippen LogP contribution is -2.02. The maximum atomic E-state index is 12.5. The minimum Gasteiger partial charge on any atom is -0.341 e. The molecule has 0 aliphatic carbocycles. The highest BCUT2D eigenvalue weighted by Crippen LogP contribution is 2.22. The van der Waals surface area contributed by atoms with Crippen molar-refractivity contribution in [3.05, 3.63) is 35.5 Å². The summed E-state index contributed by atoms with van der Waals surface area (Å²) in [5, 5.41) is 10.6. The van der Waals surface area contributed by atoms with Gasteiger partial charge in [-0.15, -0.1) is 0 Å². The largest absolute Gasteiger partial charge is 0.341 e. The molecule has 2 aromatic rings. The first kappa shape index (κ1) is 11.2. The van der Waals surface area contributed by atoms with Crippen LogP contribution in [0.25, 0.3) is 10.9 Å². The summed E-state index contributed by atoms with van der Waals surface area (Å²) in [7, 11) is 0. The normalized spacial score (nSPS) is 10.6. The van der Waals surface area contributed by atoms with Crippen LogP contribution in [0.3, 0.4) is 0 Å². The first-order valence-electron chi connectivity index (χ1n) is 4.94. The maximum Gasteiger partial charge on any atom is 0.107 e. The van der Waals surface area contributed by atoms with Crippen LogP contribution < -0.4 is 0 Å². The minimum atomic E-state index is -0.402. The van der Waals surface area contributed by atoms with Crippen molar-refractivity contribution in [2.45, 2.75) is 11.9 Å². The number of aromatic nitrogens is 1. The number of hydrogen-bond donors (Lipinski definition) is 0. The van der Waals surface area contributed by atoms with Gasteiger partial charge < -0.3 is 4.57 Å². The van der Waals surface area contributed by atoms with Crippen molar-refractivity contribution in [3.63, 3.8) is 0 Å². The predicted molar refractivity (Wildman–Crippen MR) is 65.3 cm³/mol. The Labute approximate surface area is 101 Å². The number of halogens is 2. The van der Waals surface area contributed by atoms with Crippen LogP contribution in [-0.4, -0.2) is 11.2 Å². The van der Waals surface area contributed by atoms with Gasteiger partial charge >= 0.3 is 0 Å². The number of nitriles is 1. The number of alkyl halides is 2. The van der Waals surface area contributed by atoms with E-state index in [1.165, 1.54) is 0 Å². The van der Waals surface area contributed by atoms with Crippen LogP contribution in [-0.2, 0) is 11.9 Å². The van der Waals surface area contributed by atoms with Crippen molar-refractivity contribution in [2.24, 2.45) is 0 Å². The molecule has 0 amide bonds. The van der Waals surface area contributed by atoms with E-state index in [1.54, 1.807) is 12.1 Å². The molecule has 0 aliphatic heterocycles. The number of hydrogen-bond acceptors (Lipinski definition) is 1. The van der Waals surface area contributed by atoms with Gasteiger partial charge in [-0.05, 0) is 23.6 Å². The highest BCUT2D eigenvalue weighted by Gasteiger charge is 2.08. The minimum absolute atomic E-state index is 0.333. The monoisotopic (exact) mass is 280 g/mol. The third-order valence-electron chi connectivity index (χ3n) is 2.56. The van der Waals surface area contributed by atoms with Gasteiger partial charge in [0.1, 0.15) is 6.67 Å². The average Bonchev–Trinajstić information content (AvgIpc) is 2.67. The van der Waals surface area contributed by atoms with Crippen molar-refractivity contribution in [2.75, 3.05) is 6.67 Å². The molecule has 16 heavy (non-hydrogen) atoms. The summed E-state index contributed by atoms with van der Waals surface area (Å²) in [5.74, 6) is 0. The molecule has 2 rings (SSSR count). The lowest BCUT2D eigenvalue weighted by Gasteiger charge is -2.06. The highest BCUT2D eigenvalue weighted by molar-refractivity contribution is 9.08. The van der Waals surface area contributed by atoms with E-state index < -0.39 is 6.67 Å². The second-order valence-corrected chi connectivity index (χ2v) is 4.06. The summed E-state index contributed by atoms with van der Waals surface area (Å²) >= 11 is 3.38. The third-order valence-corrected chi connectivity index (χ3v) is 3.14. The lowest BCUT2D eigenvalue weighted by molar-refractivity contribution is 0.447. The van der Waals surface area contributed by atoms with E-state index in [0.717, 1.165) is 16.6 Å². The van der Waals surface area contributed by atoms with Crippen LogP contribution in [0.15, 0.2) is 24.3 Å². The molecule has 1 aromatic heterocycles. The Bertz CT molecular complexity index is 554. The Hall–Kier alpha value is -1.34. The van der Waals surface area contributed by atoms with Gasteiger partial charge in [-0.3, -0.25) is 0 Å². The lowest BCUT2D eigenvalue weighted by atomic mass is 10.2. The molecule has 0 bridgehead atoms. The van der Waals surface area contributed by atoms with Gasteiger partial charge in [0.15, 0.2) is 0 Å². The Balaban J connectivity index is 2.66. The van der Waals surface area contributed by atoms with Gasteiger partial charge in [0.25, 0.3) is 0 Å². The molecule has 1 aromatic carbocycles. The summed E-state index contributed by atoms with van der Waals surface area (Å²) in [6.07, 6.45) is 0. The summed E-state index contributed by atoms with van der Waals surface area (Å²) in [5.41, 5.74) is 2.56. The Kier molecular flexibility index (Phi) is 3.25. The molecule has 2 nitrogen and oxygen atoms in total. The van der Waals surface area contributed by atoms with Crippen LogP contribution in [0, 0.1) is 11.3 Å². The molecule has 0 spiro atoms. The van der Waals surface area contributed by atoms with E-state index in [9.17, 15) is 4.39 Å². The fourth-order valence-electron chi connectivity index (χ4n) is 1.84. The quantitative estimate of drug-likeness (QED) is 0.793. The van der Waals surface area contributed by atoms with Crippen LogP contribution in [0.4, 0.5) is 4.39 Å². The molecule has 82 valence electrons. The van der Waals surface area contributed by atoms with Crippen LogP contribution in [0.1, 0.15) is 11.3 Å². The van der Waals surface area contributed by atoms with Crippen LogP contribution >= 0.6 is 15.9 Å². The molecular formula is C12H10BrFN2. The molecule has 0 saturated heterocycles. The van der Waals surface area contributed by atoms with E-state index in [0.29, 0.717) is 17.4 Å². The van der Waals surface area contributed by atoms with E-state index >= 15 is 0 Å². The van der Waals surface area contributed by atoms with Gasteiger partial charge in [0.05, 0.1) is 18.2 Å². The number of aryl methyl sites for hydroxylation is 1. The summed E-state index contributed by atoms with van der Waals surface area (Å²) in [4.78, 5) is 0. The Morgan fingerprint density at radius 2 is 2.19 bits per heavy atom. The standard InChI is InChI=1S/C12H10BrFN2/c13-7-11-6-10-2-1-9(8-15)5-12(10)16(11)4-3-14/h1-2,5-6H,3-4,7H2. The summed E-state index contributed by atoms with van der Waals surface area (Å²) < 4.78 is 14.4.